The van der Waals surface area contributed by atoms with E-state index in [2.05, 4.69) is 5.32 Å². The van der Waals surface area contributed by atoms with Crippen LogP contribution in [-0.4, -0.2) is 33.5 Å². The second-order valence-corrected chi connectivity index (χ2v) is 7.05. The van der Waals surface area contributed by atoms with E-state index in [0.717, 1.165) is 18.8 Å². The highest BCUT2D eigenvalue weighted by Crippen LogP contribution is 2.29. The van der Waals surface area contributed by atoms with E-state index in [1.807, 2.05) is 7.05 Å². The van der Waals surface area contributed by atoms with Crippen LogP contribution in [0.25, 0.3) is 0 Å². The molecule has 0 heterocycles. The van der Waals surface area contributed by atoms with Crippen molar-refractivity contribution in [2.45, 2.75) is 44.6 Å². The predicted octanol–water partition coefficient (Wildman–Crippen LogP) is 1.59. The van der Waals surface area contributed by atoms with Gasteiger partial charge in [-0.05, 0) is 25.8 Å². The zero-order chi connectivity index (χ0) is 11.3. The van der Waals surface area contributed by atoms with Gasteiger partial charge < -0.3 is 5.32 Å². The van der Waals surface area contributed by atoms with Crippen molar-refractivity contribution in [2.24, 2.45) is 5.92 Å². The number of hydrogen-bond acceptors (Lipinski definition) is 3. The highest BCUT2D eigenvalue weighted by atomic mass is 32.2. The van der Waals surface area contributed by atoms with Crippen LogP contribution in [0.2, 0.25) is 0 Å². The second-order valence-electron chi connectivity index (χ2n) is 4.79. The number of nitrogens with one attached hydrogen (secondary N) is 1. The summed E-state index contributed by atoms with van der Waals surface area (Å²) in [5.41, 5.74) is 0. The Balaban J connectivity index is 2.28. The zero-order valence-corrected chi connectivity index (χ0v) is 10.6. The van der Waals surface area contributed by atoms with E-state index in [1.54, 1.807) is 0 Å². The van der Waals surface area contributed by atoms with E-state index >= 15 is 0 Å². The molecule has 0 spiro atoms. The fourth-order valence-corrected chi connectivity index (χ4v) is 3.10. The Labute approximate surface area is 93.6 Å². The van der Waals surface area contributed by atoms with Crippen molar-refractivity contribution in [1.82, 2.24) is 5.32 Å². The Bertz CT molecular complexity index is 268. The molecule has 1 fully saturated rings. The molecule has 0 amide bonds. The first-order valence-electron chi connectivity index (χ1n) is 5.86. The summed E-state index contributed by atoms with van der Waals surface area (Å²) in [7, 11) is -0.870. The Kier molecular flexibility index (Phi) is 5.06. The van der Waals surface area contributed by atoms with Gasteiger partial charge >= 0.3 is 0 Å². The highest BCUT2D eigenvalue weighted by molar-refractivity contribution is 7.90. The molecule has 1 unspecified atom stereocenters. The van der Waals surface area contributed by atoms with Gasteiger partial charge in [-0.3, -0.25) is 0 Å². The lowest BCUT2D eigenvalue weighted by Crippen LogP contribution is -2.29. The van der Waals surface area contributed by atoms with E-state index in [4.69, 9.17) is 0 Å². The van der Waals surface area contributed by atoms with Crippen molar-refractivity contribution >= 4 is 9.84 Å². The third-order valence-corrected chi connectivity index (χ3v) is 4.32. The van der Waals surface area contributed by atoms with E-state index in [-0.39, 0.29) is 0 Å². The Hall–Kier alpha value is -0.0900. The fourth-order valence-electron chi connectivity index (χ4n) is 2.38. The summed E-state index contributed by atoms with van der Waals surface area (Å²) in [5, 5.41) is 3.24. The first-order chi connectivity index (χ1) is 7.01. The quantitative estimate of drug-likeness (QED) is 0.758. The topological polar surface area (TPSA) is 46.2 Å². The summed E-state index contributed by atoms with van der Waals surface area (Å²) in [4.78, 5) is 0. The summed E-state index contributed by atoms with van der Waals surface area (Å²) in [6, 6.07) is 0.378. The van der Waals surface area contributed by atoms with Gasteiger partial charge in [0.1, 0.15) is 9.84 Å². The molecule has 1 atom stereocenters. The molecule has 1 aliphatic carbocycles. The summed E-state index contributed by atoms with van der Waals surface area (Å²) in [6.07, 6.45) is 8.58. The van der Waals surface area contributed by atoms with Gasteiger partial charge in [0.15, 0.2) is 0 Å². The van der Waals surface area contributed by atoms with Crippen LogP contribution < -0.4 is 5.32 Å². The molecule has 1 rings (SSSR count). The molecule has 1 aliphatic rings. The minimum atomic E-state index is -2.80. The minimum Gasteiger partial charge on any atom is -0.317 e. The molecule has 4 heteroatoms. The van der Waals surface area contributed by atoms with Crippen molar-refractivity contribution in [3.63, 3.8) is 0 Å². The predicted molar refractivity (Wildman–Crippen MR) is 63.8 cm³/mol. The summed E-state index contributed by atoms with van der Waals surface area (Å²) in [5.74, 6) is 1.13. The molecule has 1 N–H and O–H groups in total. The standard InChI is InChI=1S/C11H23NO2S/c1-12-11(7-8-15(2,13)14)9-10-5-3-4-6-10/h10-12H,3-9H2,1-2H3. The van der Waals surface area contributed by atoms with Gasteiger partial charge in [0.05, 0.1) is 5.75 Å². The van der Waals surface area contributed by atoms with E-state index in [9.17, 15) is 8.42 Å². The molecule has 0 aromatic carbocycles. The minimum absolute atomic E-state index is 0.311. The van der Waals surface area contributed by atoms with Crippen LogP contribution in [0.1, 0.15) is 38.5 Å². The van der Waals surface area contributed by atoms with Crippen LogP contribution in [0.5, 0.6) is 0 Å². The van der Waals surface area contributed by atoms with Gasteiger partial charge in [-0.25, -0.2) is 8.42 Å². The van der Waals surface area contributed by atoms with E-state index in [0.29, 0.717) is 11.8 Å². The molecule has 0 radical (unpaired) electrons. The monoisotopic (exact) mass is 233 g/mol. The molecule has 0 saturated heterocycles. The first kappa shape index (κ1) is 13.0. The van der Waals surface area contributed by atoms with Gasteiger partial charge in [0.25, 0.3) is 0 Å². The lowest BCUT2D eigenvalue weighted by Gasteiger charge is -2.19. The van der Waals surface area contributed by atoms with Gasteiger partial charge in [0, 0.05) is 12.3 Å². The molecular weight excluding hydrogens is 210 g/mol. The maximum absolute atomic E-state index is 11.1. The Morgan fingerprint density at radius 2 is 1.93 bits per heavy atom. The summed E-state index contributed by atoms with van der Waals surface area (Å²) in [6.45, 7) is 0. The van der Waals surface area contributed by atoms with Gasteiger partial charge in [-0.2, -0.15) is 0 Å². The van der Waals surface area contributed by atoms with Crippen molar-refractivity contribution in [3.05, 3.63) is 0 Å². The van der Waals surface area contributed by atoms with Crippen LogP contribution in [-0.2, 0) is 9.84 Å². The number of sulfone groups is 1. The second kappa shape index (κ2) is 5.85. The summed E-state index contributed by atoms with van der Waals surface area (Å²) < 4.78 is 22.1. The Morgan fingerprint density at radius 1 is 1.33 bits per heavy atom. The lowest BCUT2D eigenvalue weighted by molar-refractivity contribution is 0.397. The molecule has 0 aromatic heterocycles. The van der Waals surface area contributed by atoms with Gasteiger partial charge in [0.2, 0.25) is 0 Å². The van der Waals surface area contributed by atoms with Crippen molar-refractivity contribution < 1.29 is 8.42 Å². The van der Waals surface area contributed by atoms with Gasteiger partial charge in [-0.1, -0.05) is 25.7 Å². The van der Waals surface area contributed by atoms with Gasteiger partial charge in [-0.15, -0.1) is 0 Å². The average Bonchev–Trinajstić information content (AvgIpc) is 2.63. The molecule has 15 heavy (non-hydrogen) atoms. The third-order valence-electron chi connectivity index (χ3n) is 3.34. The van der Waals surface area contributed by atoms with E-state index in [1.165, 1.54) is 31.9 Å². The maximum atomic E-state index is 11.1. The fraction of sp³-hybridized carbons (Fsp3) is 1.00. The molecule has 0 bridgehead atoms. The average molecular weight is 233 g/mol. The first-order valence-corrected chi connectivity index (χ1v) is 7.92. The Morgan fingerprint density at radius 3 is 2.40 bits per heavy atom. The van der Waals surface area contributed by atoms with Crippen LogP contribution in [0.3, 0.4) is 0 Å². The van der Waals surface area contributed by atoms with Crippen LogP contribution in [0.4, 0.5) is 0 Å². The molecule has 3 nitrogen and oxygen atoms in total. The molecule has 0 aliphatic heterocycles. The van der Waals surface area contributed by atoms with Crippen molar-refractivity contribution in [3.8, 4) is 0 Å². The number of hydrogen-bond donors (Lipinski definition) is 1. The zero-order valence-electron chi connectivity index (χ0n) is 9.83. The molecule has 1 saturated carbocycles. The van der Waals surface area contributed by atoms with Crippen molar-refractivity contribution in [2.75, 3.05) is 19.1 Å². The van der Waals surface area contributed by atoms with Crippen molar-refractivity contribution in [1.29, 1.82) is 0 Å². The molecule has 90 valence electrons. The third kappa shape index (κ3) is 5.52. The largest absolute Gasteiger partial charge is 0.317 e. The van der Waals surface area contributed by atoms with Crippen LogP contribution in [0, 0.1) is 5.92 Å². The summed E-state index contributed by atoms with van der Waals surface area (Å²) >= 11 is 0. The van der Waals surface area contributed by atoms with E-state index < -0.39 is 9.84 Å². The number of rotatable bonds is 6. The SMILES string of the molecule is CNC(CCS(C)(=O)=O)CC1CCCC1. The normalized spacial score (nSPS) is 20.7. The highest BCUT2D eigenvalue weighted by Gasteiger charge is 2.19. The van der Waals surface area contributed by atoms with Crippen LogP contribution >= 0.6 is 0 Å². The molecular formula is C11H23NO2S. The smallest absolute Gasteiger partial charge is 0.147 e. The lowest BCUT2D eigenvalue weighted by atomic mass is 9.97. The molecule has 0 aromatic rings. The van der Waals surface area contributed by atoms with Crippen LogP contribution in [0.15, 0.2) is 0 Å². The maximum Gasteiger partial charge on any atom is 0.147 e.